The molecule has 2 aromatic rings. The summed E-state index contributed by atoms with van der Waals surface area (Å²) in [5, 5.41) is 7.54. The summed E-state index contributed by atoms with van der Waals surface area (Å²) in [6.07, 6.45) is 0.948. The molecule has 1 heterocycles. The molecule has 0 aliphatic carbocycles. The van der Waals surface area contributed by atoms with Gasteiger partial charge in [-0.05, 0) is 48.1 Å². The van der Waals surface area contributed by atoms with E-state index in [0.717, 1.165) is 29.6 Å². The fraction of sp³-hybridized carbons (Fsp3) is 0.467. The lowest BCUT2D eigenvalue weighted by molar-refractivity contribution is 0.503. The molecule has 0 aliphatic heterocycles. The molecule has 0 amide bonds. The van der Waals surface area contributed by atoms with Crippen LogP contribution in [0, 0.1) is 11.6 Å². The number of hydrogen-bond donors (Lipinski definition) is 1. The molecule has 1 aromatic heterocycles. The average Bonchev–Trinajstić information content (AvgIpc) is 2.92. The third-order valence-corrected chi connectivity index (χ3v) is 4.03. The Labute approximate surface area is 127 Å². The molecule has 3 nitrogen and oxygen atoms in total. The van der Waals surface area contributed by atoms with E-state index in [2.05, 4.69) is 21.8 Å². The van der Waals surface area contributed by atoms with Gasteiger partial charge in [0.1, 0.15) is 0 Å². The summed E-state index contributed by atoms with van der Waals surface area (Å²) in [6, 6.07) is 3.80. The molecular formula is C15H19F2N3S. The fourth-order valence-electron chi connectivity index (χ4n) is 2.15. The molecular weight excluding hydrogens is 292 g/mol. The molecule has 0 fully saturated rings. The second kappa shape index (κ2) is 7.04. The van der Waals surface area contributed by atoms with Gasteiger partial charge < -0.3 is 5.32 Å². The van der Waals surface area contributed by atoms with Gasteiger partial charge in [-0.25, -0.2) is 8.78 Å². The first-order valence-corrected chi connectivity index (χ1v) is 7.82. The van der Waals surface area contributed by atoms with Crippen molar-refractivity contribution in [1.82, 2.24) is 14.9 Å². The zero-order chi connectivity index (χ0) is 15.4. The van der Waals surface area contributed by atoms with E-state index >= 15 is 0 Å². The van der Waals surface area contributed by atoms with Crippen molar-refractivity contribution in [2.24, 2.45) is 0 Å². The van der Waals surface area contributed by atoms with E-state index < -0.39 is 11.6 Å². The van der Waals surface area contributed by atoms with Crippen LogP contribution in [-0.4, -0.2) is 16.1 Å². The summed E-state index contributed by atoms with van der Waals surface area (Å²) in [6.45, 7) is 6.92. The molecule has 1 unspecified atom stereocenters. The van der Waals surface area contributed by atoms with Crippen molar-refractivity contribution in [2.45, 2.75) is 39.2 Å². The standard InChI is InChI=1S/C15H19F2N3S/c1-4-7-18-14(10-5-6-11(16)12(17)8-10)15-13(9(2)3)19-20-21-15/h5-6,8-9,14,18H,4,7H2,1-3H3. The molecule has 1 atom stereocenters. The Morgan fingerprint density at radius 3 is 2.62 bits per heavy atom. The predicted molar refractivity (Wildman–Crippen MR) is 80.5 cm³/mol. The van der Waals surface area contributed by atoms with Crippen LogP contribution >= 0.6 is 11.5 Å². The largest absolute Gasteiger partial charge is 0.305 e. The summed E-state index contributed by atoms with van der Waals surface area (Å²) in [4.78, 5) is 0.962. The molecule has 0 aliphatic rings. The highest BCUT2D eigenvalue weighted by Gasteiger charge is 2.23. The Kier molecular flexibility index (Phi) is 5.36. The minimum absolute atomic E-state index is 0.211. The van der Waals surface area contributed by atoms with Gasteiger partial charge in [-0.3, -0.25) is 0 Å². The Balaban J connectivity index is 2.42. The number of halogens is 2. The van der Waals surface area contributed by atoms with Crippen molar-refractivity contribution in [2.75, 3.05) is 6.54 Å². The average molecular weight is 311 g/mol. The highest BCUT2D eigenvalue weighted by molar-refractivity contribution is 7.05. The van der Waals surface area contributed by atoms with E-state index in [-0.39, 0.29) is 12.0 Å². The van der Waals surface area contributed by atoms with E-state index in [9.17, 15) is 8.78 Å². The van der Waals surface area contributed by atoms with Crippen LogP contribution in [0.4, 0.5) is 8.78 Å². The van der Waals surface area contributed by atoms with Gasteiger partial charge in [-0.1, -0.05) is 31.3 Å². The normalized spacial score (nSPS) is 12.9. The van der Waals surface area contributed by atoms with Gasteiger partial charge in [0.25, 0.3) is 0 Å². The van der Waals surface area contributed by atoms with E-state index in [1.54, 1.807) is 6.07 Å². The molecule has 114 valence electrons. The highest BCUT2D eigenvalue weighted by Crippen LogP contribution is 2.31. The smallest absolute Gasteiger partial charge is 0.159 e. The van der Waals surface area contributed by atoms with Gasteiger partial charge in [0.15, 0.2) is 11.6 Å². The number of rotatable bonds is 6. The van der Waals surface area contributed by atoms with Crippen molar-refractivity contribution >= 4 is 11.5 Å². The summed E-state index contributed by atoms with van der Waals surface area (Å²) in [7, 11) is 0. The van der Waals surface area contributed by atoms with Crippen LogP contribution in [0.25, 0.3) is 0 Å². The molecule has 21 heavy (non-hydrogen) atoms. The van der Waals surface area contributed by atoms with Crippen LogP contribution in [0.3, 0.4) is 0 Å². The lowest BCUT2D eigenvalue weighted by atomic mass is 10.00. The first kappa shape index (κ1) is 16.0. The van der Waals surface area contributed by atoms with Gasteiger partial charge >= 0.3 is 0 Å². The van der Waals surface area contributed by atoms with Crippen LogP contribution in [0.5, 0.6) is 0 Å². The van der Waals surface area contributed by atoms with E-state index in [1.807, 2.05) is 13.8 Å². The fourth-order valence-corrected chi connectivity index (χ4v) is 3.06. The maximum Gasteiger partial charge on any atom is 0.159 e. The second-order valence-corrected chi connectivity index (χ2v) is 6.02. The van der Waals surface area contributed by atoms with Crippen LogP contribution in [0.1, 0.15) is 55.3 Å². The molecule has 0 bridgehead atoms. The third-order valence-electron chi connectivity index (χ3n) is 3.22. The van der Waals surface area contributed by atoms with E-state index in [1.165, 1.54) is 17.6 Å². The highest BCUT2D eigenvalue weighted by atomic mass is 32.1. The molecule has 0 saturated carbocycles. The molecule has 2 rings (SSSR count). The number of nitrogens with one attached hydrogen (secondary N) is 1. The zero-order valence-electron chi connectivity index (χ0n) is 12.4. The van der Waals surface area contributed by atoms with Gasteiger partial charge in [0.2, 0.25) is 0 Å². The lowest BCUT2D eigenvalue weighted by Crippen LogP contribution is -2.23. The quantitative estimate of drug-likeness (QED) is 0.875. The Bertz CT molecular complexity index is 598. The van der Waals surface area contributed by atoms with Crippen molar-refractivity contribution in [3.05, 3.63) is 46.0 Å². The van der Waals surface area contributed by atoms with Crippen LogP contribution in [0.2, 0.25) is 0 Å². The zero-order valence-corrected chi connectivity index (χ0v) is 13.2. The SMILES string of the molecule is CCCNC(c1ccc(F)c(F)c1)c1snnc1C(C)C. The van der Waals surface area contributed by atoms with Crippen LogP contribution in [-0.2, 0) is 0 Å². The predicted octanol–water partition coefficient (Wildman–Crippen LogP) is 4.03. The first-order chi connectivity index (χ1) is 10.0. The van der Waals surface area contributed by atoms with E-state index in [4.69, 9.17) is 0 Å². The van der Waals surface area contributed by atoms with Gasteiger partial charge in [-0.15, -0.1) is 5.10 Å². The molecule has 0 spiro atoms. The number of aromatic nitrogens is 2. The molecule has 1 aromatic carbocycles. The lowest BCUT2D eigenvalue weighted by Gasteiger charge is -2.19. The number of hydrogen-bond acceptors (Lipinski definition) is 4. The Hall–Kier alpha value is -1.40. The maximum absolute atomic E-state index is 13.5. The van der Waals surface area contributed by atoms with Crippen molar-refractivity contribution in [3.63, 3.8) is 0 Å². The summed E-state index contributed by atoms with van der Waals surface area (Å²) < 4.78 is 30.7. The minimum atomic E-state index is -0.834. The van der Waals surface area contributed by atoms with Gasteiger partial charge in [0, 0.05) is 0 Å². The molecule has 1 N–H and O–H groups in total. The van der Waals surface area contributed by atoms with E-state index in [0.29, 0.717) is 5.56 Å². The topological polar surface area (TPSA) is 37.8 Å². The number of benzene rings is 1. The number of nitrogens with zero attached hydrogens (tertiary/aromatic N) is 2. The van der Waals surface area contributed by atoms with Crippen molar-refractivity contribution in [1.29, 1.82) is 0 Å². The second-order valence-electron chi connectivity index (χ2n) is 5.24. The monoisotopic (exact) mass is 311 g/mol. The van der Waals surface area contributed by atoms with Gasteiger partial charge in [-0.2, -0.15) is 0 Å². The Morgan fingerprint density at radius 1 is 1.24 bits per heavy atom. The summed E-state index contributed by atoms with van der Waals surface area (Å²) >= 11 is 1.30. The first-order valence-electron chi connectivity index (χ1n) is 7.05. The summed E-state index contributed by atoms with van der Waals surface area (Å²) in [5.41, 5.74) is 1.59. The Morgan fingerprint density at radius 2 is 2.00 bits per heavy atom. The minimum Gasteiger partial charge on any atom is -0.305 e. The summed E-state index contributed by atoms with van der Waals surface area (Å²) in [5.74, 6) is -1.44. The van der Waals surface area contributed by atoms with Crippen molar-refractivity contribution in [3.8, 4) is 0 Å². The molecule has 0 saturated heterocycles. The third kappa shape index (κ3) is 3.63. The van der Waals surface area contributed by atoms with Crippen LogP contribution in [0.15, 0.2) is 18.2 Å². The molecule has 0 radical (unpaired) electrons. The van der Waals surface area contributed by atoms with Gasteiger partial charge in [0.05, 0.1) is 16.6 Å². The maximum atomic E-state index is 13.5. The van der Waals surface area contributed by atoms with Crippen molar-refractivity contribution < 1.29 is 8.78 Å². The molecule has 6 heteroatoms. The van der Waals surface area contributed by atoms with Crippen LogP contribution < -0.4 is 5.32 Å².